The van der Waals surface area contributed by atoms with Crippen LogP contribution in [0.2, 0.25) is 0 Å². The standard InChI is InChI=1S/C9H4Br2N2O/c10-7-3-6(5-13)4-8(11)9(7)14-2-1-12/h3-4H,2H2. The van der Waals surface area contributed by atoms with E-state index < -0.39 is 0 Å². The monoisotopic (exact) mass is 314 g/mol. The number of ether oxygens (including phenoxy) is 1. The summed E-state index contributed by atoms with van der Waals surface area (Å²) in [6.45, 7) is -0.0247. The maximum atomic E-state index is 8.67. The van der Waals surface area contributed by atoms with E-state index >= 15 is 0 Å². The molecule has 0 aliphatic carbocycles. The van der Waals surface area contributed by atoms with Crippen molar-refractivity contribution in [2.24, 2.45) is 0 Å². The van der Waals surface area contributed by atoms with Crippen molar-refractivity contribution in [3.05, 3.63) is 26.6 Å². The summed E-state index contributed by atoms with van der Waals surface area (Å²) in [6.07, 6.45) is 0. The van der Waals surface area contributed by atoms with Crippen LogP contribution in [0.15, 0.2) is 21.1 Å². The number of hydrogen-bond acceptors (Lipinski definition) is 3. The molecule has 0 bridgehead atoms. The first kappa shape index (κ1) is 11.0. The average molecular weight is 316 g/mol. The van der Waals surface area contributed by atoms with Gasteiger partial charge in [-0.25, -0.2) is 0 Å². The van der Waals surface area contributed by atoms with Gasteiger partial charge in [0.2, 0.25) is 0 Å². The second-order valence-corrected chi connectivity index (χ2v) is 4.04. The van der Waals surface area contributed by atoms with Gasteiger partial charge in [-0.3, -0.25) is 0 Å². The van der Waals surface area contributed by atoms with Gasteiger partial charge in [0.25, 0.3) is 0 Å². The Balaban J connectivity index is 3.08. The van der Waals surface area contributed by atoms with Gasteiger partial charge in [0.1, 0.15) is 11.8 Å². The normalized spacial score (nSPS) is 8.86. The first-order chi connectivity index (χ1) is 6.69. The number of hydrogen-bond donors (Lipinski definition) is 0. The molecule has 1 rings (SSSR count). The Morgan fingerprint density at radius 1 is 1.21 bits per heavy atom. The number of halogens is 2. The highest BCUT2D eigenvalue weighted by Gasteiger charge is 2.08. The summed E-state index contributed by atoms with van der Waals surface area (Å²) in [7, 11) is 0. The van der Waals surface area contributed by atoms with Crippen molar-refractivity contribution in [1.82, 2.24) is 0 Å². The lowest BCUT2D eigenvalue weighted by Gasteiger charge is -2.06. The Labute approximate surface area is 98.2 Å². The number of nitriles is 2. The van der Waals surface area contributed by atoms with Crippen molar-refractivity contribution in [2.75, 3.05) is 6.61 Å². The number of benzene rings is 1. The SMILES string of the molecule is N#CCOc1c(Br)cc(C#N)cc1Br. The Bertz CT molecular complexity index is 408. The van der Waals surface area contributed by atoms with Crippen LogP contribution < -0.4 is 4.74 Å². The predicted octanol–water partition coefficient (Wildman–Crippen LogP) is 2.99. The van der Waals surface area contributed by atoms with E-state index in [9.17, 15) is 0 Å². The Kier molecular flexibility index (Phi) is 3.94. The topological polar surface area (TPSA) is 56.8 Å². The van der Waals surface area contributed by atoms with E-state index in [1.54, 1.807) is 12.1 Å². The van der Waals surface area contributed by atoms with Crippen LogP contribution >= 0.6 is 31.9 Å². The molecule has 0 fully saturated rings. The zero-order chi connectivity index (χ0) is 10.6. The molecule has 0 saturated heterocycles. The molecule has 0 aliphatic rings. The average Bonchev–Trinajstić information content (AvgIpc) is 2.16. The molecule has 0 heterocycles. The van der Waals surface area contributed by atoms with Gasteiger partial charge in [0.15, 0.2) is 6.61 Å². The van der Waals surface area contributed by atoms with Crippen molar-refractivity contribution in [3.63, 3.8) is 0 Å². The lowest BCUT2D eigenvalue weighted by Crippen LogP contribution is -1.95. The van der Waals surface area contributed by atoms with E-state index in [1.165, 1.54) is 0 Å². The van der Waals surface area contributed by atoms with Crippen LogP contribution in [-0.4, -0.2) is 6.61 Å². The first-order valence-electron chi connectivity index (χ1n) is 3.58. The molecule has 0 spiro atoms. The van der Waals surface area contributed by atoms with Crippen LogP contribution in [0.5, 0.6) is 5.75 Å². The largest absolute Gasteiger partial charge is 0.476 e. The molecule has 14 heavy (non-hydrogen) atoms. The van der Waals surface area contributed by atoms with Gasteiger partial charge < -0.3 is 4.74 Å². The van der Waals surface area contributed by atoms with E-state index in [2.05, 4.69) is 31.9 Å². The third kappa shape index (κ3) is 2.47. The van der Waals surface area contributed by atoms with E-state index in [4.69, 9.17) is 15.3 Å². The molecule has 1 aromatic carbocycles. The molecule has 0 unspecified atom stereocenters. The Morgan fingerprint density at radius 3 is 2.21 bits per heavy atom. The summed E-state index contributed by atoms with van der Waals surface area (Å²) in [5.74, 6) is 0.533. The van der Waals surface area contributed by atoms with Gasteiger partial charge in [-0.05, 0) is 44.0 Å². The van der Waals surface area contributed by atoms with E-state index in [1.807, 2.05) is 12.1 Å². The molecular weight excluding hydrogens is 312 g/mol. The van der Waals surface area contributed by atoms with Crippen LogP contribution in [0, 0.1) is 22.7 Å². The fraction of sp³-hybridized carbons (Fsp3) is 0.111. The Hall–Kier alpha value is -1.04. The van der Waals surface area contributed by atoms with Gasteiger partial charge >= 0.3 is 0 Å². The molecule has 0 saturated carbocycles. The third-order valence-corrected chi connectivity index (χ3v) is 2.59. The summed E-state index contributed by atoms with van der Waals surface area (Å²) in [5.41, 5.74) is 0.521. The summed E-state index contributed by atoms with van der Waals surface area (Å²) >= 11 is 6.51. The van der Waals surface area contributed by atoms with Gasteiger partial charge in [-0.1, -0.05) is 0 Å². The molecule has 0 radical (unpaired) electrons. The molecule has 3 nitrogen and oxygen atoms in total. The summed E-state index contributed by atoms with van der Waals surface area (Å²) < 4.78 is 6.46. The second-order valence-electron chi connectivity index (χ2n) is 2.33. The van der Waals surface area contributed by atoms with Crippen molar-refractivity contribution >= 4 is 31.9 Å². The summed E-state index contributed by atoms with van der Waals surface area (Å²) in [6, 6.07) is 7.15. The molecule has 0 amide bonds. The van der Waals surface area contributed by atoms with E-state index in [-0.39, 0.29) is 6.61 Å². The van der Waals surface area contributed by atoms with Crippen molar-refractivity contribution in [1.29, 1.82) is 10.5 Å². The Morgan fingerprint density at radius 2 is 1.79 bits per heavy atom. The highest BCUT2D eigenvalue weighted by atomic mass is 79.9. The maximum absolute atomic E-state index is 8.67. The zero-order valence-electron chi connectivity index (χ0n) is 6.92. The molecule has 0 atom stereocenters. The number of nitrogens with zero attached hydrogens (tertiary/aromatic N) is 2. The molecule has 0 N–H and O–H groups in total. The minimum atomic E-state index is -0.0247. The minimum absolute atomic E-state index is 0.0247. The van der Waals surface area contributed by atoms with Crippen LogP contribution in [0.25, 0.3) is 0 Å². The van der Waals surface area contributed by atoms with E-state index in [0.717, 1.165) is 0 Å². The highest BCUT2D eigenvalue weighted by Crippen LogP contribution is 2.34. The van der Waals surface area contributed by atoms with Gasteiger partial charge in [-0.2, -0.15) is 10.5 Å². The first-order valence-corrected chi connectivity index (χ1v) is 5.16. The second kappa shape index (κ2) is 4.99. The summed E-state index contributed by atoms with van der Waals surface area (Å²) in [4.78, 5) is 0. The van der Waals surface area contributed by atoms with Crippen molar-refractivity contribution in [3.8, 4) is 17.9 Å². The highest BCUT2D eigenvalue weighted by molar-refractivity contribution is 9.11. The lowest BCUT2D eigenvalue weighted by atomic mass is 10.2. The molecule has 70 valence electrons. The van der Waals surface area contributed by atoms with Gasteiger partial charge in [0.05, 0.1) is 20.6 Å². The summed E-state index contributed by atoms with van der Waals surface area (Å²) in [5, 5.41) is 17.0. The van der Waals surface area contributed by atoms with Crippen LogP contribution in [0.1, 0.15) is 5.56 Å². The fourth-order valence-corrected chi connectivity index (χ4v) is 2.28. The van der Waals surface area contributed by atoms with Crippen LogP contribution in [-0.2, 0) is 0 Å². The predicted molar refractivity (Wildman–Crippen MR) is 57.7 cm³/mol. The molecule has 0 aromatic heterocycles. The molecular formula is C9H4Br2N2O. The van der Waals surface area contributed by atoms with Crippen molar-refractivity contribution in [2.45, 2.75) is 0 Å². The molecule has 5 heteroatoms. The zero-order valence-corrected chi connectivity index (χ0v) is 10.1. The third-order valence-electron chi connectivity index (χ3n) is 1.41. The fourth-order valence-electron chi connectivity index (χ4n) is 0.867. The van der Waals surface area contributed by atoms with Gasteiger partial charge in [-0.15, -0.1) is 0 Å². The van der Waals surface area contributed by atoms with Crippen molar-refractivity contribution < 1.29 is 4.74 Å². The molecule has 0 aliphatic heterocycles. The smallest absolute Gasteiger partial charge is 0.174 e. The quantitative estimate of drug-likeness (QED) is 0.843. The lowest BCUT2D eigenvalue weighted by molar-refractivity contribution is 0.363. The van der Waals surface area contributed by atoms with E-state index in [0.29, 0.717) is 20.3 Å². The number of rotatable bonds is 2. The minimum Gasteiger partial charge on any atom is -0.476 e. The van der Waals surface area contributed by atoms with Gasteiger partial charge in [0, 0.05) is 0 Å². The van der Waals surface area contributed by atoms with Crippen LogP contribution in [0.3, 0.4) is 0 Å². The molecule has 1 aromatic rings. The van der Waals surface area contributed by atoms with Crippen LogP contribution in [0.4, 0.5) is 0 Å². The maximum Gasteiger partial charge on any atom is 0.174 e.